The summed E-state index contributed by atoms with van der Waals surface area (Å²) in [7, 11) is 0. The summed E-state index contributed by atoms with van der Waals surface area (Å²) in [6.07, 6.45) is 3.82. The molecular formula is C16H21N3S. The number of hydrogen-bond donors (Lipinski definition) is 1. The van der Waals surface area contributed by atoms with Crippen LogP contribution in [0.3, 0.4) is 0 Å². The molecule has 0 radical (unpaired) electrons. The summed E-state index contributed by atoms with van der Waals surface area (Å²) in [6, 6.07) is 9.02. The third-order valence-corrected chi connectivity index (χ3v) is 3.87. The minimum absolute atomic E-state index is 0.478. The summed E-state index contributed by atoms with van der Waals surface area (Å²) in [5.41, 5.74) is 2.41. The van der Waals surface area contributed by atoms with Crippen LogP contribution in [0.2, 0.25) is 0 Å². The molecule has 106 valence electrons. The van der Waals surface area contributed by atoms with Crippen LogP contribution in [-0.2, 0) is 12.3 Å². The first-order valence-corrected chi connectivity index (χ1v) is 7.84. The molecular weight excluding hydrogens is 266 g/mol. The molecule has 0 unspecified atom stereocenters. The van der Waals surface area contributed by atoms with Crippen molar-refractivity contribution in [2.75, 3.05) is 0 Å². The molecule has 3 nitrogen and oxygen atoms in total. The number of nitrogens with zero attached hydrogens (tertiary/aromatic N) is 2. The van der Waals surface area contributed by atoms with Crippen molar-refractivity contribution in [3.63, 3.8) is 0 Å². The lowest BCUT2D eigenvalue weighted by atomic mass is 10.2. The van der Waals surface area contributed by atoms with E-state index in [1.165, 1.54) is 10.5 Å². The number of aromatic nitrogens is 2. The Kier molecular flexibility index (Phi) is 5.56. The highest BCUT2D eigenvalue weighted by Gasteiger charge is 2.01. The summed E-state index contributed by atoms with van der Waals surface area (Å²) >= 11 is 1.77. The van der Waals surface area contributed by atoms with Crippen LogP contribution in [0, 0.1) is 6.92 Å². The molecule has 1 heterocycles. The smallest absolute Gasteiger partial charge is 0.138 e. The molecule has 2 aromatic rings. The minimum Gasteiger partial charge on any atom is -0.310 e. The number of nitrogens with one attached hydrogen (secondary N) is 1. The Morgan fingerprint density at radius 1 is 1.10 bits per heavy atom. The van der Waals surface area contributed by atoms with Gasteiger partial charge in [0.05, 0.1) is 5.75 Å². The van der Waals surface area contributed by atoms with E-state index < -0.39 is 0 Å². The molecule has 0 aliphatic carbocycles. The summed E-state index contributed by atoms with van der Waals surface area (Å²) in [5, 5.41) is 3.36. The molecule has 1 aromatic heterocycles. The van der Waals surface area contributed by atoms with Gasteiger partial charge >= 0.3 is 0 Å². The topological polar surface area (TPSA) is 37.8 Å². The first-order chi connectivity index (χ1) is 9.63. The normalized spacial score (nSPS) is 11.0. The first-order valence-electron chi connectivity index (χ1n) is 6.86. The number of hydrogen-bond acceptors (Lipinski definition) is 4. The van der Waals surface area contributed by atoms with Gasteiger partial charge in [0.25, 0.3) is 0 Å². The van der Waals surface area contributed by atoms with E-state index in [0.29, 0.717) is 6.04 Å². The molecule has 0 aliphatic rings. The van der Waals surface area contributed by atoms with Gasteiger partial charge in [0.15, 0.2) is 0 Å². The molecule has 1 aromatic carbocycles. The van der Waals surface area contributed by atoms with Gasteiger partial charge in [-0.1, -0.05) is 31.5 Å². The van der Waals surface area contributed by atoms with Gasteiger partial charge < -0.3 is 5.32 Å². The van der Waals surface area contributed by atoms with Crippen LogP contribution in [0.1, 0.15) is 30.8 Å². The second-order valence-corrected chi connectivity index (χ2v) is 6.19. The molecule has 0 amide bonds. The molecule has 0 saturated carbocycles. The van der Waals surface area contributed by atoms with Crippen molar-refractivity contribution in [3.05, 3.63) is 53.6 Å². The second-order valence-electron chi connectivity index (χ2n) is 5.14. The van der Waals surface area contributed by atoms with Crippen molar-refractivity contribution >= 4 is 11.8 Å². The molecule has 0 aliphatic heterocycles. The SMILES string of the molecule is Cc1ccc(SCc2ncc(CNC(C)C)cn2)cc1. The predicted molar refractivity (Wildman–Crippen MR) is 84.7 cm³/mol. The fourth-order valence-corrected chi connectivity index (χ4v) is 2.43. The van der Waals surface area contributed by atoms with Crippen molar-refractivity contribution in [1.82, 2.24) is 15.3 Å². The lowest BCUT2D eigenvalue weighted by molar-refractivity contribution is 0.586. The fourth-order valence-electron chi connectivity index (χ4n) is 1.65. The van der Waals surface area contributed by atoms with Crippen LogP contribution in [0.15, 0.2) is 41.6 Å². The Hall–Kier alpha value is -1.39. The third-order valence-electron chi connectivity index (χ3n) is 2.86. The third kappa shape index (κ3) is 4.94. The summed E-state index contributed by atoms with van der Waals surface area (Å²) in [5.74, 6) is 1.69. The lowest BCUT2D eigenvalue weighted by Crippen LogP contribution is -2.22. The Morgan fingerprint density at radius 2 is 1.75 bits per heavy atom. The maximum atomic E-state index is 4.42. The largest absolute Gasteiger partial charge is 0.310 e. The van der Waals surface area contributed by atoms with Crippen LogP contribution >= 0.6 is 11.8 Å². The van der Waals surface area contributed by atoms with Crippen LogP contribution < -0.4 is 5.32 Å². The van der Waals surface area contributed by atoms with E-state index in [9.17, 15) is 0 Å². The molecule has 20 heavy (non-hydrogen) atoms. The van der Waals surface area contributed by atoms with Gasteiger partial charge in [-0.2, -0.15) is 0 Å². The molecule has 0 spiro atoms. The molecule has 0 bridgehead atoms. The van der Waals surface area contributed by atoms with Crippen molar-refractivity contribution in [2.24, 2.45) is 0 Å². The Morgan fingerprint density at radius 3 is 2.35 bits per heavy atom. The van der Waals surface area contributed by atoms with Gasteiger partial charge in [0.2, 0.25) is 0 Å². The quantitative estimate of drug-likeness (QED) is 0.824. The molecule has 4 heteroatoms. The predicted octanol–water partition coefficient (Wildman–Crippen LogP) is 3.58. The molecule has 0 atom stereocenters. The van der Waals surface area contributed by atoms with Crippen LogP contribution in [0.5, 0.6) is 0 Å². The zero-order valence-corrected chi connectivity index (χ0v) is 13.1. The Labute approximate surface area is 125 Å². The average Bonchev–Trinajstić information content (AvgIpc) is 2.45. The van der Waals surface area contributed by atoms with Gasteiger partial charge in [-0.05, 0) is 19.1 Å². The first kappa shape index (κ1) is 15.0. The van der Waals surface area contributed by atoms with E-state index >= 15 is 0 Å². The highest BCUT2D eigenvalue weighted by molar-refractivity contribution is 7.98. The zero-order chi connectivity index (χ0) is 14.4. The number of aryl methyl sites for hydroxylation is 1. The van der Waals surface area contributed by atoms with Gasteiger partial charge in [-0.3, -0.25) is 0 Å². The monoisotopic (exact) mass is 287 g/mol. The van der Waals surface area contributed by atoms with Gasteiger partial charge in [0.1, 0.15) is 5.82 Å². The van der Waals surface area contributed by atoms with Crippen LogP contribution in [-0.4, -0.2) is 16.0 Å². The van der Waals surface area contributed by atoms with Gasteiger partial charge in [-0.25, -0.2) is 9.97 Å². The van der Waals surface area contributed by atoms with Crippen LogP contribution in [0.25, 0.3) is 0 Å². The molecule has 2 rings (SSSR count). The van der Waals surface area contributed by atoms with E-state index in [0.717, 1.165) is 23.7 Å². The van der Waals surface area contributed by atoms with Gasteiger partial charge in [0, 0.05) is 35.4 Å². The zero-order valence-electron chi connectivity index (χ0n) is 12.3. The van der Waals surface area contributed by atoms with Crippen molar-refractivity contribution in [3.8, 4) is 0 Å². The molecule has 1 N–H and O–H groups in total. The lowest BCUT2D eigenvalue weighted by Gasteiger charge is -2.07. The van der Waals surface area contributed by atoms with Crippen molar-refractivity contribution in [2.45, 2.75) is 44.0 Å². The fraction of sp³-hybridized carbons (Fsp3) is 0.375. The molecule has 0 saturated heterocycles. The average molecular weight is 287 g/mol. The molecule has 0 fully saturated rings. The van der Waals surface area contributed by atoms with E-state index in [1.54, 1.807) is 11.8 Å². The van der Waals surface area contributed by atoms with Crippen molar-refractivity contribution in [1.29, 1.82) is 0 Å². The van der Waals surface area contributed by atoms with Crippen molar-refractivity contribution < 1.29 is 0 Å². The number of rotatable bonds is 6. The second kappa shape index (κ2) is 7.41. The van der Waals surface area contributed by atoms with Gasteiger partial charge in [-0.15, -0.1) is 11.8 Å². The highest BCUT2D eigenvalue weighted by Crippen LogP contribution is 2.21. The summed E-state index contributed by atoms with van der Waals surface area (Å²) in [4.78, 5) is 10.1. The maximum Gasteiger partial charge on any atom is 0.138 e. The van der Waals surface area contributed by atoms with E-state index in [1.807, 2.05) is 12.4 Å². The maximum absolute atomic E-state index is 4.42. The number of thioether (sulfide) groups is 1. The van der Waals surface area contributed by atoms with Crippen LogP contribution in [0.4, 0.5) is 0 Å². The minimum atomic E-state index is 0.478. The van der Waals surface area contributed by atoms with E-state index in [4.69, 9.17) is 0 Å². The van der Waals surface area contributed by atoms with E-state index in [2.05, 4.69) is 60.3 Å². The highest BCUT2D eigenvalue weighted by atomic mass is 32.2. The Balaban J connectivity index is 1.85. The summed E-state index contributed by atoms with van der Waals surface area (Å²) < 4.78 is 0. The van der Waals surface area contributed by atoms with E-state index in [-0.39, 0.29) is 0 Å². The standard InChI is InChI=1S/C16H21N3S/c1-12(2)17-8-14-9-18-16(19-10-14)11-20-15-6-4-13(3)5-7-15/h4-7,9-10,12,17H,8,11H2,1-3H3. The number of benzene rings is 1. The summed E-state index contributed by atoms with van der Waals surface area (Å²) in [6.45, 7) is 7.19. The Bertz CT molecular complexity index is 520.